The maximum absolute atomic E-state index is 7.58. The Kier molecular flexibility index (Phi) is 5.63. The van der Waals surface area contributed by atoms with Crippen molar-refractivity contribution < 1.29 is 9.47 Å². The van der Waals surface area contributed by atoms with Crippen LogP contribution in [0.15, 0.2) is 103 Å². The van der Waals surface area contributed by atoms with Gasteiger partial charge in [-0.3, -0.25) is 0 Å². The molecule has 5 aromatic carbocycles. The highest BCUT2D eigenvalue weighted by Crippen LogP contribution is 2.68. The molecule has 2 heteroatoms. The van der Waals surface area contributed by atoms with E-state index >= 15 is 0 Å². The van der Waals surface area contributed by atoms with Crippen LogP contribution < -0.4 is 9.47 Å². The molecule has 1 spiro atoms. The number of methoxy groups -OCH3 is 1. The molecule has 4 aliphatic rings. The predicted molar refractivity (Wildman–Crippen MR) is 184 cm³/mol. The van der Waals surface area contributed by atoms with Crippen LogP contribution in [-0.4, -0.2) is 7.11 Å². The molecule has 224 valence electrons. The highest BCUT2D eigenvalue weighted by molar-refractivity contribution is 6.08. The van der Waals surface area contributed by atoms with Crippen molar-refractivity contribution in [3.8, 4) is 22.6 Å². The van der Waals surface area contributed by atoms with Gasteiger partial charge in [0.2, 0.25) is 0 Å². The summed E-state index contributed by atoms with van der Waals surface area (Å²) in [5, 5.41) is 2.50. The quantitative estimate of drug-likeness (QED) is 0.209. The van der Waals surface area contributed by atoms with Gasteiger partial charge in [0.05, 0.1) is 7.11 Å². The summed E-state index contributed by atoms with van der Waals surface area (Å²) >= 11 is 0. The lowest BCUT2D eigenvalue weighted by Crippen LogP contribution is -2.36. The zero-order chi connectivity index (χ0) is 30.6. The van der Waals surface area contributed by atoms with Gasteiger partial charge in [-0.15, -0.1) is 0 Å². The van der Waals surface area contributed by atoms with Crippen molar-refractivity contribution in [2.75, 3.05) is 7.11 Å². The van der Waals surface area contributed by atoms with Gasteiger partial charge in [-0.05, 0) is 87.9 Å². The number of hydrogen-bond acceptors (Lipinski definition) is 2. The molecular weight excluding hydrogens is 548 g/mol. The number of hydrogen-bond donors (Lipinski definition) is 0. The molecule has 45 heavy (non-hydrogen) atoms. The van der Waals surface area contributed by atoms with Gasteiger partial charge < -0.3 is 9.47 Å². The molecule has 2 fully saturated rings. The molecule has 1 heterocycles. The smallest absolute Gasteiger partial charge is 0.178 e. The molecule has 9 rings (SSSR count). The Hall–Kier alpha value is -4.30. The Morgan fingerprint density at radius 2 is 1.47 bits per heavy atom. The fraction of sp³-hybridized carbons (Fsp3) is 0.302. The molecule has 0 saturated heterocycles. The van der Waals surface area contributed by atoms with E-state index in [1.807, 2.05) is 0 Å². The van der Waals surface area contributed by atoms with E-state index in [0.717, 1.165) is 28.5 Å². The molecule has 0 radical (unpaired) electrons. The second-order valence-electron chi connectivity index (χ2n) is 14.9. The second-order valence-corrected chi connectivity index (χ2v) is 14.9. The van der Waals surface area contributed by atoms with Gasteiger partial charge in [-0.1, -0.05) is 118 Å². The van der Waals surface area contributed by atoms with E-state index in [9.17, 15) is 0 Å². The lowest BCUT2D eigenvalue weighted by molar-refractivity contribution is 0.163. The summed E-state index contributed by atoms with van der Waals surface area (Å²) in [6.07, 6.45) is 10.0. The highest BCUT2D eigenvalue weighted by Gasteiger charge is 2.58. The van der Waals surface area contributed by atoms with Crippen molar-refractivity contribution in [1.29, 1.82) is 0 Å². The molecule has 5 aromatic rings. The molecular formula is C43H40O2. The first-order valence-corrected chi connectivity index (χ1v) is 16.7. The predicted octanol–water partition coefficient (Wildman–Crippen LogP) is 10.6. The topological polar surface area (TPSA) is 18.5 Å². The average Bonchev–Trinajstić information content (AvgIpc) is 3.77. The van der Waals surface area contributed by atoms with E-state index in [1.165, 1.54) is 64.3 Å². The highest BCUT2D eigenvalue weighted by atomic mass is 16.5. The molecule has 4 unspecified atom stereocenters. The van der Waals surface area contributed by atoms with Crippen molar-refractivity contribution in [3.05, 3.63) is 137 Å². The van der Waals surface area contributed by atoms with Crippen LogP contribution in [0.4, 0.5) is 0 Å². The lowest BCUT2D eigenvalue weighted by atomic mass is 9.65. The van der Waals surface area contributed by atoms with Crippen molar-refractivity contribution >= 4 is 16.8 Å². The second kappa shape index (κ2) is 9.36. The zero-order valence-corrected chi connectivity index (χ0v) is 26.7. The Bertz CT molecular complexity index is 2010. The van der Waals surface area contributed by atoms with Crippen LogP contribution in [0, 0.1) is 11.8 Å². The van der Waals surface area contributed by atoms with Crippen molar-refractivity contribution in [3.63, 3.8) is 0 Å². The Balaban J connectivity index is 1.32. The normalized spacial score (nSPS) is 25.7. The van der Waals surface area contributed by atoms with Crippen LogP contribution in [0.5, 0.6) is 11.5 Å². The van der Waals surface area contributed by atoms with Crippen LogP contribution >= 0.6 is 0 Å². The Labute approximate surface area is 266 Å². The molecule has 0 aromatic heterocycles. The largest absolute Gasteiger partial charge is 0.497 e. The maximum atomic E-state index is 7.58. The minimum absolute atomic E-state index is 0.0606. The third-order valence-electron chi connectivity index (χ3n) is 11.6. The molecule has 2 nitrogen and oxygen atoms in total. The number of fused-ring (bicyclic) bond motifs is 13. The standard InChI is InChI=1S/C43H40O2/c1-41(2,3)28-15-17-29(18-16-28)43(30-19-21-32(44-4)22-20-30)24-23-36-39-38(33-9-5-6-10-34(33)40(36)45-43)35-11-7-8-12-37(35)42(39)26-27-13-14-31(42)25-27/h5-12,15-24,27,31H,13-14,25-26H2,1-4H3. The molecule has 4 atom stereocenters. The minimum atomic E-state index is -0.778. The SMILES string of the molecule is COc1ccc(C2(c3ccc(C(C)(C)C)cc3)C=Cc3c4c(c5ccccc5c3O2)-c2ccccc2C42CC3CCC2C3)cc1. The summed E-state index contributed by atoms with van der Waals surface area (Å²) in [5.74, 6) is 3.35. The third-order valence-corrected chi connectivity index (χ3v) is 11.6. The molecule has 1 aliphatic heterocycles. The maximum Gasteiger partial charge on any atom is 0.178 e. The monoisotopic (exact) mass is 588 g/mol. The lowest BCUT2D eigenvalue weighted by Gasteiger charge is -2.41. The van der Waals surface area contributed by atoms with Crippen LogP contribution in [0.25, 0.3) is 28.0 Å². The summed E-state index contributed by atoms with van der Waals surface area (Å²) in [4.78, 5) is 0. The summed E-state index contributed by atoms with van der Waals surface area (Å²) in [5.41, 5.74) is 10.1. The van der Waals surface area contributed by atoms with Crippen molar-refractivity contribution in [2.24, 2.45) is 11.8 Å². The minimum Gasteiger partial charge on any atom is -0.497 e. The number of benzene rings is 5. The first kappa shape index (κ1) is 27.0. The average molecular weight is 589 g/mol. The zero-order valence-electron chi connectivity index (χ0n) is 26.7. The van der Waals surface area contributed by atoms with Crippen molar-refractivity contribution in [1.82, 2.24) is 0 Å². The van der Waals surface area contributed by atoms with E-state index < -0.39 is 5.60 Å². The van der Waals surface area contributed by atoms with E-state index in [1.54, 1.807) is 12.7 Å². The third kappa shape index (κ3) is 3.63. The summed E-state index contributed by atoms with van der Waals surface area (Å²) < 4.78 is 13.1. The first-order chi connectivity index (χ1) is 21.8. The molecule has 2 bridgehead atoms. The molecule has 2 saturated carbocycles. The first-order valence-electron chi connectivity index (χ1n) is 16.7. The molecule has 0 N–H and O–H groups in total. The molecule has 3 aliphatic carbocycles. The number of rotatable bonds is 3. The Morgan fingerprint density at radius 3 is 2.13 bits per heavy atom. The van der Waals surface area contributed by atoms with Gasteiger partial charge in [0.15, 0.2) is 5.60 Å². The summed E-state index contributed by atoms with van der Waals surface area (Å²) in [6.45, 7) is 6.81. The van der Waals surface area contributed by atoms with E-state index in [4.69, 9.17) is 9.47 Å². The van der Waals surface area contributed by atoms with Gasteiger partial charge in [0.1, 0.15) is 11.5 Å². The van der Waals surface area contributed by atoms with Crippen LogP contribution in [0.1, 0.15) is 79.8 Å². The van der Waals surface area contributed by atoms with Gasteiger partial charge in [-0.2, -0.15) is 0 Å². The van der Waals surface area contributed by atoms with Crippen LogP contribution in [0.2, 0.25) is 0 Å². The van der Waals surface area contributed by atoms with Gasteiger partial charge in [0, 0.05) is 27.5 Å². The van der Waals surface area contributed by atoms with Crippen LogP contribution in [-0.2, 0) is 16.4 Å². The van der Waals surface area contributed by atoms with Crippen molar-refractivity contribution in [2.45, 2.75) is 62.9 Å². The number of ether oxygens (including phenoxy) is 2. The van der Waals surface area contributed by atoms with Gasteiger partial charge in [-0.25, -0.2) is 0 Å². The van der Waals surface area contributed by atoms with E-state index in [0.29, 0.717) is 5.92 Å². The fourth-order valence-corrected chi connectivity index (χ4v) is 9.56. The molecule has 0 amide bonds. The van der Waals surface area contributed by atoms with Gasteiger partial charge in [0.25, 0.3) is 0 Å². The van der Waals surface area contributed by atoms with Gasteiger partial charge >= 0.3 is 0 Å². The fourth-order valence-electron chi connectivity index (χ4n) is 9.56. The van der Waals surface area contributed by atoms with Crippen LogP contribution in [0.3, 0.4) is 0 Å². The summed E-state index contributed by atoms with van der Waals surface area (Å²) in [6, 6.07) is 35.8. The summed E-state index contributed by atoms with van der Waals surface area (Å²) in [7, 11) is 1.72. The van der Waals surface area contributed by atoms with E-state index in [2.05, 4.69) is 130 Å². The van der Waals surface area contributed by atoms with E-state index in [-0.39, 0.29) is 10.8 Å². The Morgan fingerprint density at radius 1 is 0.778 bits per heavy atom.